The standard InChI is InChI=1S/C25H26F3N3O2/c26-17-5-3-15(4-6-17)23-22(20-10-18(27)11-21(28)24(20)30-23)16-8-14(9-16)12-29-25(33)31-7-1-2-19(31)13-32/h3-6,10-11,14,16,19,30,32H,1-2,7-9,12-13H2,(H,29,33)/t14-,16-,19-/m1/s1. The maximum absolute atomic E-state index is 14.5. The van der Waals surface area contributed by atoms with Gasteiger partial charge in [-0.1, -0.05) is 0 Å². The molecule has 3 aromatic rings. The van der Waals surface area contributed by atoms with E-state index in [1.165, 1.54) is 18.2 Å². The number of nitrogens with one attached hydrogen (secondary N) is 2. The zero-order valence-corrected chi connectivity index (χ0v) is 18.1. The number of hydrogen-bond acceptors (Lipinski definition) is 2. The number of urea groups is 1. The zero-order valence-electron chi connectivity index (χ0n) is 18.1. The molecule has 3 N–H and O–H groups in total. The monoisotopic (exact) mass is 457 g/mol. The Morgan fingerprint density at radius 2 is 1.88 bits per heavy atom. The molecule has 0 radical (unpaired) electrons. The molecule has 33 heavy (non-hydrogen) atoms. The SMILES string of the molecule is O=C(NC[C@H]1C[C@H](c2c(-c3ccc(F)cc3)[nH]c3c(F)cc(F)cc32)C1)N1CCC[C@@H]1CO. The minimum atomic E-state index is -0.660. The van der Waals surface area contributed by atoms with E-state index < -0.39 is 11.6 Å². The second-order valence-corrected chi connectivity index (χ2v) is 9.12. The van der Waals surface area contributed by atoms with E-state index in [1.807, 2.05) is 0 Å². The number of carbonyl (C=O) groups excluding carboxylic acids is 1. The van der Waals surface area contributed by atoms with Crippen LogP contribution in [0.15, 0.2) is 36.4 Å². The van der Waals surface area contributed by atoms with Gasteiger partial charge in [-0.2, -0.15) is 0 Å². The Bertz CT molecular complexity index is 1170. The summed E-state index contributed by atoms with van der Waals surface area (Å²) < 4.78 is 42.0. The van der Waals surface area contributed by atoms with Gasteiger partial charge < -0.3 is 20.3 Å². The highest BCUT2D eigenvalue weighted by atomic mass is 19.1. The topological polar surface area (TPSA) is 68.4 Å². The van der Waals surface area contributed by atoms with Gasteiger partial charge in [-0.15, -0.1) is 0 Å². The van der Waals surface area contributed by atoms with E-state index in [0.29, 0.717) is 29.7 Å². The van der Waals surface area contributed by atoms with Crippen LogP contribution in [0.3, 0.4) is 0 Å². The average Bonchev–Trinajstić information content (AvgIpc) is 3.38. The molecule has 1 aliphatic carbocycles. The summed E-state index contributed by atoms with van der Waals surface area (Å²) in [5.74, 6) is -1.35. The highest BCUT2D eigenvalue weighted by Gasteiger charge is 2.36. The van der Waals surface area contributed by atoms with Crippen molar-refractivity contribution < 1.29 is 23.1 Å². The fraction of sp³-hybridized carbons (Fsp3) is 0.400. The summed E-state index contributed by atoms with van der Waals surface area (Å²) in [6.07, 6.45) is 3.24. The van der Waals surface area contributed by atoms with Crippen LogP contribution in [0.5, 0.6) is 0 Å². The second-order valence-electron chi connectivity index (χ2n) is 9.12. The lowest BCUT2D eigenvalue weighted by Crippen LogP contribution is -2.46. The van der Waals surface area contributed by atoms with Crippen LogP contribution in [0.1, 0.15) is 37.2 Å². The molecular weight excluding hydrogens is 431 g/mol. The number of fused-ring (bicyclic) bond motifs is 1. The van der Waals surface area contributed by atoms with Crippen LogP contribution < -0.4 is 5.32 Å². The molecule has 0 unspecified atom stereocenters. The molecule has 0 bridgehead atoms. The molecular formula is C25H26F3N3O2. The number of likely N-dealkylation sites (tertiary alicyclic amines) is 1. The van der Waals surface area contributed by atoms with Gasteiger partial charge in [0.25, 0.3) is 0 Å². The molecule has 8 heteroatoms. The number of hydrogen-bond donors (Lipinski definition) is 3. The number of carbonyl (C=O) groups is 1. The molecule has 1 aliphatic heterocycles. The number of rotatable bonds is 5. The highest BCUT2D eigenvalue weighted by molar-refractivity contribution is 5.92. The summed E-state index contributed by atoms with van der Waals surface area (Å²) >= 11 is 0. The maximum atomic E-state index is 14.5. The minimum absolute atomic E-state index is 0.0290. The van der Waals surface area contributed by atoms with Crippen molar-refractivity contribution in [3.8, 4) is 11.3 Å². The van der Waals surface area contributed by atoms with Crippen molar-refractivity contribution in [2.24, 2.45) is 5.92 Å². The van der Waals surface area contributed by atoms with E-state index in [0.717, 1.165) is 37.3 Å². The largest absolute Gasteiger partial charge is 0.394 e. The predicted molar refractivity (Wildman–Crippen MR) is 119 cm³/mol. The number of aromatic nitrogens is 1. The summed E-state index contributed by atoms with van der Waals surface area (Å²) in [7, 11) is 0. The highest BCUT2D eigenvalue weighted by Crippen LogP contribution is 2.48. The molecule has 1 atom stereocenters. The van der Waals surface area contributed by atoms with Crippen molar-refractivity contribution >= 4 is 16.9 Å². The first-order valence-corrected chi connectivity index (χ1v) is 11.4. The molecule has 2 amide bonds. The third kappa shape index (κ3) is 4.08. The number of halogens is 3. The molecule has 2 aromatic carbocycles. The Morgan fingerprint density at radius 3 is 2.61 bits per heavy atom. The summed E-state index contributed by atoms with van der Waals surface area (Å²) in [5.41, 5.74) is 2.46. The van der Waals surface area contributed by atoms with Gasteiger partial charge >= 0.3 is 6.03 Å². The van der Waals surface area contributed by atoms with Gasteiger partial charge in [-0.3, -0.25) is 0 Å². The Kier molecular flexibility index (Phi) is 5.78. The second kappa shape index (κ2) is 8.74. The molecule has 5 nitrogen and oxygen atoms in total. The van der Waals surface area contributed by atoms with Crippen molar-refractivity contribution in [1.82, 2.24) is 15.2 Å². The number of aliphatic hydroxyl groups is 1. The Morgan fingerprint density at radius 1 is 1.12 bits per heavy atom. The van der Waals surface area contributed by atoms with Crippen molar-refractivity contribution in [3.05, 3.63) is 59.4 Å². The van der Waals surface area contributed by atoms with Gasteiger partial charge in [0, 0.05) is 24.5 Å². The van der Waals surface area contributed by atoms with Crippen molar-refractivity contribution in [2.75, 3.05) is 19.7 Å². The van der Waals surface area contributed by atoms with Crippen LogP contribution >= 0.6 is 0 Å². The van der Waals surface area contributed by atoms with E-state index in [9.17, 15) is 23.1 Å². The predicted octanol–water partition coefficient (Wildman–Crippen LogP) is 4.91. The van der Waals surface area contributed by atoms with Crippen LogP contribution in [0.2, 0.25) is 0 Å². The van der Waals surface area contributed by atoms with Crippen molar-refractivity contribution in [2.45, 2.75) is 37.6 Å². The third-order valence-electron chi connectivity index (χ3n) is 7.03. The summed E-state index contributed by atoms with van der Waals surface area (Å²) in [6, 6.07) is 7.87. The summed E-state index contributed by atoms with van der Waals surface area (Å²) in [6.45, 7) is 1.14. The van der Waals surface area contributed by atoms with Crippen LogP contribution in [0.4, 0.5) is 18.0 Å². The molecule has 2 heterocycles. The quantitative estimate of drug-likeness (QED) is 0.510. The minimum Gasteiger partial charge on any atom is -0.394 e. The van der Waals surface area contributed by atoms with E-state index >= 15 is 0 Å². The van der Waals surface area contributed by atoms with E-state index in [1.54, 1.807) is 17.0 Å². The van der Waals surface area contributed by atoms with Crippen LogP contribution in [0, 0.1) is 23.4 Å². The van der Waals surface area contributed by atoms with Gasteiger partial charge in [0.15, 0.2) is 0 Å². The van der Waals surface area contributed by atoms with Gasteiger partial charge in [0.2, 0.25) is 0 Å². The number of H-pyrrole nitrogens is 1. The number of benzene rings is 2. The van der Waals surface area contributed by atoms with E-state index in [2.05, 4.69) is 10.3 Å². The molecule has 0 spiro atoms. The fourth-order valence-corrected chi connectivity index (χ4v) is 5.27. The lowest BCUT2D eigenvalue weighted by atomic mass is 9.70. The summed E-state index contributed by atoms with van der Waals surface area (Å²) in [4.78, 5) is 17.3. The molecule has 2 aliphatic rings. The van der Waals surface area contributed by atoms with Crippen LogP contribution in [-0.4, -0.2) is 46.8 Å². The normalized spacial score (nSPS) is 22.5. The van der Waals surface area contributed by atoms with Gasteiger partial charge in [-0.25, -0.2) is 18.0 Å². The fourth-order valence-electron chi connectivity index (χ4n) is 5.27. The van der Waals surface area contributed by atoms with Crippen LogP contribution in [0.25, 0.3) is 22.2 Å². The number of aliphatic hydroxyl groups excluding tert-OH is 1. The lowest BCUT2D eigenvalue weighted by molar-refractivity contribution is 0.153. The zero-order chi connectivity index (χ0) is 23.1. The lowest BCUT2D eigenvalue weighted by Gasteiger charge is -2.37. The summed E-state index contributed by atoms with van der Waals surface area (Å²) in [5, 5.41) is 12.9. The first-order valence-electron chi connectivity index (χ1n) is 11.4. The molecule has 5 rings (SSSR count). The van der Waals surface area contributed by atoms with E-state index in [-0.39, 0.29) is 41.8 Å². The maximum Gasteiger partial charge on any atom is 0.317 e. The molecule has 174 valence electrons. The van der Waals surface area contributed by atoms with Crippen LogP contribution in [-0.2, 0) is 0 Å². The first kappa shape index (κ1) is 21.8. The third-order valence-corrected chi connectivity index (χ3v) is 7.03. The first-order chi connectivity index (χ1) is 15.9. The van der Waals surface area contributed by atoms with E-state index in [4.69, 9.17) is 0 Å². The molecule has 1 saturated heterocycles. The van der Waals surface area contributed by atoms with Gasteiger partial charge in [0.1, 0.15) is 17.5 Å². The van der Waals surface area contributed by atoms with Crippen molar-refractivity contribution in [3.63, 3.8) is 0 Å². The van der Waals surface area contributed by atoms with Crippen molar-refractivity contribution in [1.29, 1.82) is 0 Å². The molecule has 1 aromatic heterocycles. The average molecular weight is 457 g/mol. The number of nitrogens with zero attached hydrogens (tertiary/aromatic N) is 1. The smallest absolute Gasteiger partial charge is 0.317 e. The Balaban J connectivity index is 1.34. The molecule has 2 fully saturated rings. The number of aromatic amines is 1. The number of amides is 2. The molecule has 1 saturated carbocycles. The van der Waals surface area contributed by atoms with Gasteiger partial charge in [0.05, 0.1) is 23.9 Å². The Hall–Kier alpha value is -3.00. The Labute approximate surface area is 189 Å². The van der Waals surface area contributed by atoms with Gasteiger partial charge in [-0.05, 0) is 79.0 Å².